The Bertz CT molecular complexity index is 1150. The van der Waals surface area contributed by atoms with E-state index in [1.807, 2.05) is 54.4 Å². The summed E-state index contributed by atoms with van der Waals surface area (Å²) >= 11 is 0. The molecule has 3 heterocycles. The minimum absolute atomic E-state index is 0.0709. The van der Waals surface area contributed by atoms with Crippen LogP contribution in [0.3, 0.4) is 0 Å². The lowest BCUT2D eigenvalue weighted by Crippen LogP contribution is -2.30. The third-order valence-electron chi connectivity index (χ3n) is 5.49. The molecular formula is C22H20N4O2. The molecular weight excluding hydrogens is 352 g/mol. The molecule has 5 rings (SSSR count). The van der Waals surface area contributed by atoms with Crippen molar-refractivity contribution >= 4 is 16.9 Å². The van der Waals surface area contributed by atoms with Gasteiger partial charge in [0.25, 0.3) is 5.91 Å². The molecule has 28 heavy (non-hydrogen) atoms. The number of aryl methyl sites for hydroxylation is 1. The fourth-order valence-electron chi connectivity index (χ4n) is 4.08. The summed E-state index contributed by atoms with van der Waals surface area (Å²) in [5.41, 5.74) is 4.12. The first-order valence-electron chi connectivity index (χ1n) is 9.46. The van der Waals surface area contributed by atoms with Crippen LogP contribution in [0.25, 0.3) is 22.2 Å². The van der Waals surface area contributed by atoms with Crippen molar-refractivity contribution in [2.75, 3.05) is 6.54 Å². The Morgan fingerprint density at radius 3 is 2.79 bits per heavy atom. The van der Waals surface area contributed by atoms with Crippen LogP contribution in [0.4, 0.5) is 0 Å². The van der Waals surface area contributed by atoms with Gasteiger partial charge in [-0.25, -0.2) is 0 Å². The smallest absolute Gasteiger partial charge is 0.277 e. The van der Waals surface area contributed by atoms with Gasteiger partial charge in [-0.15, -0.1) is 0 Å². The standard InChI is InChI=1S/C22H20N4O2/c1-25-18(11-12-23-25)16-9-10-17-20(14-16)28-24-21(17)22(27)26-13-5-8-19(26)15-6-3-2-4-7-15/h2-4,6-7,9-12,14,19H,5,8,13H2,1H3/t19-/m0/s1. The summed E-state index contributed by atoms with van der Waals surface area (Å²) in [5.74, 6) is -0.0709. The van der Waals surface area contributed by atoms with Crippen molar-refractivity contribution in [1.82, 2.24) is 19.8 Å². The molecule has 1 amide bonds. The summed E-state index contributed by atoms with van der Waals surface area (Å²) in [4.78, 5) is 15.2. The summed E-state index contributed by atoms with van der Waals surface area (Å²) in [7, 11) is 1.89. The van der Waals surface area contributed by atoms with Crippen LogP contribution in [0.2, 0.25) is 0 Å². The highest BCUT2D eigenvalue weighted by Gasteiger charge is 2.33. The maximum atomic E-state index is 13.3. The van der Waals surface area contributed by atoms with Gasteiger partial charge in [0.15, 0.2) is 11.3 Å². The fraction of sp³-hybridized carbons (Fsp3) is 0.227. The number of hydrogen-bond donors (Lipinski definition) is 0. The zero-order valence-electron chi connectivity index (χ0n) is 15.6. The predicted molar refractivity (Wildman–Crippen MR) is 106 cm³/mol. The average molecular weight is 372 g/mol. The first kappa shape index (κ1) is 16.7. The molecule has 0 saturated carbocycles. The highest BCUT2D eigenvalue weighted by Crippen LogP contribution is 2.34. The summed E-state index contributed by atoms with van der Waals surface area (Å²) in [6.07, 6.45) is 3.72. The van der Waals surface area contributed by atoms with Crippen LogP contribution < -0.4 is 0 Å². The highest BCUT2D eigenvalue weighted by atomic mass is 16.5. The third kappa shape index (κ3) is 2.69. The van der Waals surface area contributed by atoms with Gasteiger partial charge in [0.05, 0.1) is 17.1 Å². The molecule has 0 aliphatic carbocycles. The highest BCUT2D eigenvalue weighted by molar-refractivity contribution is 6.04. The van der Waals surface area contributed by atoms with Crippen LogP contribution in [-0.4, -0.2) is 32.3 Å². The molecule has 1 fully saturated rings. The molecule has 2 aromatic carbocycles. The average Bonchev–Trinajstić information content (AvgIpc) is 3.47. The molecule has 1 saturated heterocycles. The first-order chi connectivity index (χ1) is 13.7. The van der Waals surface area contributed by atoms with E-state index in [-0.39, 0.29) is 11.9 Å². The third-order valence-corrected chi connectivity index (χ3v) is 5.49. The zero-order valence-corrected chi connectivity index (χ0v) is 15.6. The Hall–Kier alpha value is -3.41. The van der Waals surface area contributed by atoms with Gasteiger partial charge in [0.2, 0.25) is 0 Å². The molecule has 0 spiro atoms. The number of likely N-dealkylation sites (tertiary alicyclic amines) is 1. The maximum Gasteiger partial charge on any atom is 0.277 e. The molecule has 1 aliphatic heterocycles. The first-order valence-corrected chi connectivity index (χ1v) is 9.46. The summed E-state index contributed by atoms with van der Waals surface area (Å²) in [6.45, 7) is 0.736. The molecule has 0 bridgehead atoms. The number of amides is 1. The van der Waals surface area contributed by atoms with Gasteiger partial charge < -0.3 is 9.42 Å². The molecule has 0 N–H and O–H groups in total. The molecule has 140 valence electrons. The van der Waals surface area contributed by atoms with Gasteiger partial charge in [-0.2, -0.15) is 5.10 Å². The zero-order chi connectivity index (χ0) is 19.1. The second kappa shape index (κ2) is 6.64. The normalized spacial score (nSPS) is 16.8. The van der Waals surface area contributed by atoms with Gasteiger partial charge >= 0.3 is 0 Å². The molecule has 6 heteroatoms. The fourth-order valence-corrected chi connectivity index (χ4v) is 4.08. The Kier molecular flexibility index (Phi) is 3.97. The number of fused-ring (bicyclic) bond motifs is 1. The number of benzene rings is 2. The van der Waals surface area contributed by atoms with Gasteiger partial charge in [0, 0.05) is 25.4 Å². The van der Waals surface area contributed by atoms with Crippen molar-refractivity contribution in [3.05, 3.63) is 72.1 Å². The number of rotatable bonds is 3. The summed E-state index contributed by atoms with van der Waals surface area (Å²) in [5, 5.41) is 9.07. The largest absolute Gasteiger partial charge is 0.355 e. The van der Waals surface area contributed by atoms with Crippen LogP contribution in [0.15, 0.2) is 65.3 Å². The van der Waals surface area contributed by atoms with Crippen molar-refractivity contribution in [2.45, 2.75) is 18.9 Å². The molecule has 0 radical (unpaired) electrons. The monoisotopic (exact) mass is 372 g/mol. The second-order valence-electron chi connectivity index (χ2n) is 7.15. The van der Waals surface area contributed by atoms with E-state index in [1.54, 1.807) is 10.9 Å². The topological polar surface area (TPSA) is 64.2 Å². The van der Waals surface area contributed by atoms with Crippen LogP contribution in [-0.2, 0) is 7.05 Å². The number of hydrogen-bond acceptors (Lipinski definition) is 4. The Balaban J connectivity index is 1.49. The molecule has 2 aromatic heterocycles. The van der Waals surface area contributed by atoms with E-state index in [9.17, 15) is 4.79 Å². The maximum absolute atomic E-state index is 13.3. The summed E-state index contributed by atoms with van der Waals surface area (Å²) < 4.78 is 7.33. The van der Waals surface area contributed by atoms with E-state index >= 15 is 0 Å². The van der Waals surface area contributed by atoms with Crippen LogP contribution >= 0.6 is 0 Å². The van der Waals surface area contributed by atoms with Gasteiger partial charge in [-0.3, -0.25) is 9.48 Å². The second-order valence-corrected chi connectivity index (χ2v) is 7.15. The molecule has 6 nitrogen and oxygen atoms in total. The molecule has 1 aliphatic rings. The summed E-state index contributed by atoms with van der Waals surface area (Å²) in [6, 6.07) is 18.0. The van der Waals surface area contributed by atoms with Crippen molar-refractivity contribution < 1.29 is 9.32 Å². The number of carbonyl (C=O) groups is 1. The molecule has 4 aromatic rings. The van der Waals surface area contributed by atoms with E-state index in [4.69, 9.17) is 4.52 Å². The van der Waals surface area contributed by atoms with Crippen molar-refractivity contribution in [3.63, 3.8) is 0 Å². The van der Waals surface area contributed by atoms with Crippen molar-refractivity contribution in [2.24, 2.45) is 7.05 Å². The Morgan fingerprint density at radius 1 is 1.14 bits per heavy atom. The van der Waals surface area contributed by atoms with E-state index in [0.717, 1.165) is 36.0 Å². The van der Waals surface area contributed by atoms with Gasteiger partial charge in [-0.05, 0) is 36.6 Å². The quantitative estimate of drug-likeness (QED) is 0.540. The van der Waals surface area contributed by atoms with Gasteiger partial charge in [-0.1, -0.05) is 41.6 Å². The predicted octanol–water partition coefficient (Wildman–Crippen LogP) is 4.21. The lowest BCUT2D eigenvalue weighted by atomic mass is 10.0. The van der Waals surface area contributed by atoms with E-state index in [2.05, 4.69) is 22.4 Å². The van der Waals surface area contributed by atoms with Crippen molar-refractivity contribution in [1.29, 1.82) is 0 Å². The number of nitrogens with zero attached hydrogens (tertiary/aromatic N) is 4. The van der Waals surface area contributed by atoms with Gasteiger partial charge in [0.1, 0.15) is 0 Å². The van der Waals surface area contributed by atoms with E-state index < -0.39 is 0 Å². The molecule has 0 unspecified atom stereocenters. The number of aromatic nitrogens is 3. The number of carbonyl (C=O) groups excluding carboxylic acids is 1. The van der Waals surface area contributed by atoms with Crippen LogP contribution in [0, 0.1) is 0 Å². The lowest BCUT2D eigenvalue weighted by molar-refractivity contribution is 0.0727. The van der Waals surface area contributed by atoms with Crippen LogP contribution in [0.5, 0.6) is 0 Å². The molecule has 1 atom stereocenters. The Labute approximate surface area is 162 Å². The minimum atomic E-state index is -0.0709. The van der Waals surface area contributed by atoms with E-state index in [1.165, 1.54) is 5.56 Å². The lowest BCUT2D eigenvalue weighted by Gasteiger charge is -2.24. The van der Waals surface area contributed by atoms with E-state index in [0.29, 0.717) is 11.3 Å². The SMILES string of the molecule is Cn1nccc1-c1ccc2c(C(=O)N3CCC[C@H]3c3ccccc3)noc2c1. The van der Waals surface area contributed by atoms with Crippen LogP contribution in [0.1, 0.15) is 34.9 Å². The van der Waals surface area contributed by atoms with Crippen molar-refractivity contribution in [3.8, 4) is 11.3 Å². The Morgan fingerprint density at radius 2 is 2.00 bits per heavy atom. The minimum Gasteiger partial charge on any atom is -0.355 e.